The van der Waals surface area contributed by atoms with Gasteiger partial charge in [-0.25, -0.2) is 0 Å². The maximum Gasteiger partial charge on any atom is -0.0351 e. The van der Waals surface area contributed by atoms with E-state index in [4.69, 9.17) is 0 Å². The van der Waals surface area contributed by atoms with E-state index in [1.807, 2.05) is 0 Å². The van der Waals surface area contributed by atoms with Crippen molar-refractivity contribution in [2.45, 2.75) is 71.6 Å². The Hall–Kier alpha value is 0.170. The SMILES string of the molecule is CCCC=CCCCCPCCCCCC. The van der Waals surface area contributed by atoms with Gasteiger partial charge in [-0.3, -0.25) is 0 Å². The zero-order chi connectivity index (χ0) is 11.9. The van der Waals surface area contributed by atoms with Gasteiger partial charge < -0.3 is 0 Å². The van der Waals surface area contributed by atoms with Crippen LogP contribution in [0.1, 0.15) is 71.6 Å². The second-order valence-corrected chi connectivity index (χ2v) is 6.07. The third-order valence-corrected chi connectivity index (χ3v) is 4.22. The van der Waals surface area contributed by atoms with Crippen LogP contribution in [-0.4, -0.2) is 12.3 Å². The van der Waals surface area contributed by atoms with Crippen molar-refractivity contribution < 1.29 is 0 Å². The van der Waals surface area contributed by atoms with Crippen molar-refractivity contribution in [1.29, 1.82) is 0 Å². The second kappa shape index (κ2) is 15.2. The molecule has 1 unspecified atom stereocenters. The number of rotatable bonds is 12. The molecule has 0 saturated heterocycles. The van der Waals surface area contributed by atoms with Gasteiger partial charge in [0.2, 0.25) is 0 Å². The van der Waals surface area contributed by atoms with Gasteiger partial charge in [0, 0.05) is 0 Å². The van der Waals surface area contributed by atoms with E-state index in [1.165, 1.54) is 78.7 Å². The molecule has 96 valence electrons. The highest BCUT2D eigenvalue weighted by molar-refractivity contribution is 7.37. The molecule has 1 atom stereocenters. The molecule has 1 heteroatoms. The smallest absolute Gasteiger partial charge is 0.0351 e. The van der Waals surface area contributed by atoms with E-state index >= 15 is 0 Å². The summed E-state index contributed by atoms with van der Waals surface area (Å²) in [6, 6.07) is 0. The average molecular weight is 242 g/mol. The predicted octanol–water partition coefficient (Wildman–Crippen LogP) is 5.77. The fourth-order valence-electron chi connectivity index (χ4n) is 1.72. The molecule has 0 amide bonds. The van der Waals surface area contributed by atoms with Crippen LogP contribution in [0.2, 0.25) is 0 Å². The molecule has 0 aliphatic carbocycles. The Kier molecular flexibility index (Phi) is 15.3. The number of allylic oxidation sites excluding steroid dienone is 2. The first kappa shape index (κ1) is 16.2. The van der Waals surface area contributed by atoms with Crippen molar-refractivity contribution in [3.63, 3.8) is 0 Å². The summed E-state index contributed by atoms with van der Waals surface area (Å²) in [6.45, 7) is 4.53. The van der Waals surface area contributed by atoms with E-state index in [2.05, 4.69) is 26.0 Å². The monoisotopic (exact) mass is 242 g/mol. The predicted molar refractivity (Wildman–Crippen MR) is 80.1 cm³/mol. The number of hydrogen-bond donors (Lipinski definition) is 0. The minimum Gasteiger partial charge on any atom is -0.122 e. The van der Waals surface area contributed by atoms with Crippen LogP contribution >= 0.6 is 8.58 Å². The number of hydrogen-bond acceptors (Lipinski definition) is 0. The molecule has 0 saturated carbocycles. The van der Waals surface area contributed by atoms with Crippen LogP contribution in [0.3, 0.4) is 0 Å². The van der Waals surface area contributed by atoms with Crippen LogP contribution < -0.4 is 0 Å². The van der Waals surface area contributed by atoms with Crippen LogP contribution in [-0.2, 0) is 0 Å². The average Bonchev–Trinajstić information content (AvgIpc) is 2.31. The molecular weight excluding hydrogens is 211 g/mol. The summed E-state index contributed by atoms with van der Waals surface area (Å²) in [5, 5.41) is 0. The van der Waals surface area contributed by atoms with Crippen molar-refractivity contribution in [3.05, 3.63) is 12.2 Å². The van der Waals surface area contributed by atoms with Crippen LogP contribution in [0.5, 0.6) is 0 Å². The summed E-state index contributed by atoms with van der Waals surface area (Å²) in [6.07, 6.45) is 20.1. The zero-order valence-electron chi connectivity index (χ0n) is 11.4. The lowest BCUT2D eigenvalue weighted by Crippen LogP contribution is -1.82. The van der Waals surface area contributed by atoms with Crippen LogP contribution in [0.15, 0.2) is 12.2 Å². The van der Waals surface area contributed by atoms with Gasteiger partial charge in [-0.1, -0.05) is 51.7 Å². The van der Waals surface area contributed by atoms with E-state index < -0.39 is 0 Å². The summed E-state index contributed by atoms with van der Waals surface area (Å²) < 4.78 is 0. The Morgan fingerprint density at radius 2 is 1.38 bits per heavy atom. The topological polar surface area (TPSA) is 0 Å². The minimum absolute atomic E-state index is 1.23. The molecule has 0 aliphatic heterocycles. The molecule has 0 radical (unpaired) electrons. The Morgan fingerprint density at radius 3 is 2.06 bits per heavy atom. The van der Waals surface area contributed by atoms with Gasteiger partial charge in [0.25, 0.3) is 0 Å². The van der Waals surface area contributed by atoms with Crippen LogP contribution in [0.25, 0.3) is 0 Å². The Morgan fingerprint density at radius 1 is 0.688 bits per heavy atom. The molecule has 0 aromatic heterocycles. The number of unbranched alkanes of at least 4 members (excludes halogenated alkanes) is 6. The summed E-state index contributed by atoms with van der Waals surface area (Å²) >= 11 is 0. The molecule has 0 fully saturated rings. The lowest BCUT2D eigenvalue weighted by molar-refractivity contribution is 0.705. The maximum atomic E-state index is 2.37. The van der Waals surface area contributed by atoms with Gasteiger partial charge >= 0.3 is 0 Å². The van der Waals surface area contributed by atoms with Gasteiger partial charge in [-0.2, -0.15) is 0 Å². The van der Waals surface area contributed by atoms with Crippen molar-refractivity contribution in [3.8, 4) is 0 Å². The van der Waals surface area contributed by atoms with E-state index in [1.54, 1.807) is 0 Å². The summed E-state index contributed by atoms with van der Waals surface area (Å²) in [5.74, 6) is 0. The van der Waals surface area contributed by atoms with Gasteiger partial charge in [0.05, 0.1) is 0 Å². The fourth-order valence-corrected chi connectivity index (χ4v) is 2.97. The molecule has 0 aromatic carbocycles. The van der Waals surface area contributed by atoms with E-state index in [-0.39, 0.29) is 0 Å². The quantitative estimate of drug-likeness (QED) is 0.231. The van der Waals surface area contributed by atoms with Gasteiger partial charge in [-0.15, -0.1) is 8.58 Å². The van der Waals surface area contributed by atoms with E-state index in [0.29, 0.717) is 0 Å². The molecule has 0 N–H and O–H groups in total. The van der Waals surface area contributed by atoms with Gasteiger partial charge in [-0.05, 0) is 44.4 Å². The lowest BCUT2D eigenvalue weighted by atomic mass is 10.2. The van der Waals surface area contributed by atoms with Crippen molar-refractivity contribution in [2.24, 2.45) is 0 Å². The Balaban J connectivity index is 2.93. The second-order valence-electron chi connectivity index (χ2n) is 4.57. The first-order valence-corrected chi connectivity index (χ1v) is 8.69. The van der Waals surface area contributed by atoms with Crippen LogP contribution in [0.4, 0.5) is 0 Å². The van der Waals surface area contributed by atoms with E-state index in [9.17, 15) is 0 Å². The standard InChI is InChI=1S/C15H31P/c1-3-5-7-9-10-11-13-15-16-14-12-8-6-4-2/h7,9,16H,3-6,8,10-15H2,1-2H3. The highest BCUT2D eigenvalue weighted by Gasteiger charge is 1.90. The van der Waals surface area contributed by atoms with Crippen molar-refractivity contribution in [2.75, 3.05) is 12.3 Å². The molecule has 0 spiro atoms. The lowest BCUT2D eigenvalue weighted by Gasteiger charge is -2.00. The Bertz CT molecular complexity index is 140. The molecule has 0 aromatic rings. The molecule has 0 rings (SSSR count). The fraction of sp³-hybridized carbons (Fsp3) is 0.867. The third-order valence-electron chi connectivity index (χ3n) is 2.80. The normalized spacial score (nSPS) is 12.1. The highest BCUT2D eigenvalue weighted by Crippen LogP contribution is 2.16. The molecule has 0 heterocycles. The highest BCUT2D eigenvalue weighted by atomic mass is 31.1. The minimum atomic E-state index is 1.23. The summed E-state index contributed by atoms with van der Waals surface area (Å²) in [7, 11) is 1.23. The molecule has 16 heavy (non-hydrogen) atoms. The molecule has 0 nitrogen and oxygen atoms in total. The van der Waals surface area contributed by atoms with Gasteiger partial charge in [0.1, 0.15) is 0 Å². The molecule has 0 bridgehead atoms. The van der Waals surface area contributed by atoms with Crippen molar-refractivity contribution in [1.82, 2.24) is 0 Å². The Labute approximate surface area is 105 Å². The summed E-state index contributed by atoms with van der Waals surface area (Å²) in [5.41, 5.74) is 0. The third kappa shape index (κ3) is 14.2. The molecular formula is C15H31P. The van der Waals surface area contributed by atoms with E-state index in [0.717, 1.165) is 0 Å². The first-order valence-electron chi connectivity index (χ1n) is 7.27. The largest absolute Gasteiger partial charge is 0.122 e. The zero-order valence-corrected chi connectivity index (χ0v) is 12.4. The van der Waals surface area contributed by atoms with Crippen LogP contribution in [0, 0.1) is 0 Å². The molecule has 0 aliphatic rings. The first-order chi connectivity index (χ1) is 7.91. The van der Waals surface area contributed by atoms with Crippen molar-refractivity contribution >= 4 is 8.58 Å². The summed E-state index contributed by atoms with van der Waals surface area (Å²) in [4.78, 5) is 0. The van der Waals surface area contributed by atoms with Gasteiger partial charge in [0.15, 0.2) is 0 Å². The maximum absolute atomic E-state index is 2.37.